The van der Waals surface area contributed by atoms with Gasteiger partial charge in [0.2, 0.25) is 5.95 Å². The molecule has 11 nitrogen and oxygen atoms in total. The SMILES string of the molecule is CC(C)(C)C1CN(c2ccc(-c3n[nH]c4ccc(Nc5ncc(Cl)c(Nc6ccccc6P(C)(C)=O)n5)cc34)cc2)CCN1C(=O)O. The Hall–Kier alpha value is -4.60. The van der Waals surface area contributed by atoms with Crippen LogP contribution in [0.2, 0.25) is 5.02 Å². The lowest BCUT2D eigenvalue weighted by Gasteiger charge is -2.46. The molecule has 47 heavy (non-hydrogen) atoms. The molecule has 0 saturated carbocycles. The number of hydrogen-bond donors (Lipinski definition) is 4. The average Bonchev–Trinajstić information content (AvgIpc) is 3.45. The second-order valence-electron chi connectivity index (χ2n) is 13.2. The maximum atomic E-state index is 12.9. The fourth-order valence-corrected chi connectivity index (χ4v) is 7.24. The van der Waals surface area contributed by atoms with Gasteiger partial charge in [-0.2, -0.15) is 10.1 Å². The summed E-state index contributed by atoms with van der Waals surface area (Å²) in [6.07, 6.45) is 0.652. The van der Waals surface area contributed by atoms with Crippen molar-refractivity contribution in [3.8, 4) is 11.3 Å². The molecule has 0 radical (unpaired) electrons. The lowest BCUT2D eigenvalue weighted by atomic mass is 9.84. The third-order valence-corrected chi connectivity index (χ3v) is 10.3. The Morgan fingerprint density at radius 1 is 1.04 bits per heavy atom. The largest absolute Gasteiger partial charge is 0.465 e. The molecule has 1 amide bonds. The van der Waals surface area contributed by atoms with Gasteiger partial charge in [0.25, 0.3) is 0 Å². The molecule has 3 aromatic carbocycles. The summed E-state index contributed by atoms with van der Waals surface area (Å²) >= 11 is 6.45. The predicted octanol–water partition coefficient (Wildman–Crippen LogP) is 7.62. The number of H-pyrrole nitrogens is 1. The summed E-state index contributed by atoms with van der Waals surface area (Å²) in [5.41, 5.74) is 4.94. The van der Waals surface area contributed by atoms with Crippen molar-refractivity contribution < 1.29 is 14.5 Å². The van der Waals surface area contributed by atoms with E-state index in [1.165, 1.54) is 6.20 Å². The van der Waals surface area contributed by atoms with Gasteiger partial charge in [0.1, 0.15) is 12.2 Å². The van der Waals surface area contributed by atoms with Crippen LogP contribution in [-0.4, -0.2) is 75.3 Å². The van der Waals surface area contributed by atoms with Crippen LogP contribution < -0.4 is 20.8 Å². The van der Waals surface area contributed by atoms with Crippen LogP contribution in [0, 0.1) is 5.41 Å². The number of halogens is 1. The molecule has 0 spiro atoms. The van der Waals surface area contributed by atoms with Crippen LogP contribution in [0.3, 0.4) is 0 Å². The van der Waals surface area contributed by atoms with Crippen LogP contribution in [0.4, 0.5) is 33.6 Å². The topological polar surface area (TPSA) is 139 Å². The molecule has 2 aromatic heterocycles. The van der Waals surface area contributed by atoms with Gasteiger partial charge in [-0.3, -0.25) is 5.10 Å². The van der Waals surface area contributed by atoms with Crippen molar-refractivity contribution >= 4 is 69.9 Å². The van der Waals surface area contributed by atoms with Gasteiger partial charge in [-0.25, -0.2) is 9.78 Å². The van der Waals surface area contributed by atoms with Crippen LogP contribution >= 0.6 is 18.7 Å². The number of anilines is 5. The van der Waals surface area contributed by atoms with E-state index in [0.717, 1.165) is 33.5 Å². The van der Waals surface area contributed by atoms with E-state index in [0.29, 0.717) is 47.4 Å². The van der Waals surface area contributed by atoms with E-state index in [2.05, 4.69) is 68.6 Å². The van der Waals surface area contributed by atoms with E-state index in [1.807, 2.05) is 54.6 Å². The molecule has 13 heteroatoms. The Bertz CT molecular complexity index is 1990. The standard InChI is InChI=1S/C34H38ClN8O3P/c1-34(2,3)29-20-42(16-17-43(29)33(44)45)23-13-10-21(11-14-23)30-24-18-22(12-15-26(24)40-41-30)37-32-36-19-25(35)31(39-32)38-27-8-6-7-9-28(27)47(4,5)46/h6-15,18-19,29H,16-17,20H2,1-5H3,(H,40,41)(H,44,45)(H2,36,37,38,39). The number of nitrogens with one attached hydrogen (secondary N) is 3. The number of nitrogens with zero attached hydrogens (tertiary/aromatic N) is 5. The number of aromatic amines is 1. The van der Waals surface area contributed by atoms with Crippen molar-refractivity contribution in [1.82, 2.24) is 25.1 Å². The molecule has 244 valence electrons. The van der Waals surface area contributed by atoms with Crippen LogP contribution in [0.15, 0.2) is 72.9 Å². The molecule has 1 aliphatic heterocycles. The second-order valence-corrected chi connectivity index (χ2v) is 16.8. The quantitative estimate of drug-likeness (QED) is 0.129. The van der Waals surface area contributed by atoms with Gasteiger partial charge in [-0.05, 0) is 61.2 Å². The summed E-state index contributed by atoms with van der Waals surface area (Å²) in [5.74, 6) is 0.740. The molecule has 1 saturated heterocycles. The first kappa shape index (κ1) is 32.3. The Kier molecular flexibility index (Phi) is 8.63. The highest BCUT2D eigenvalue weighted by molar-refractivity contribution is 7.70. The zero-order chi connectivity index (χ0) is 33.5. The normalized spacial score (nSPS) is 15.6. The van der Waals surface area contributed by atoms with Gasteiger partial charge < -0.3 is 30.1 Å². The molecule has 1 fully saturated rings. The van der Waals surface area contributed by atoms with Gasteiger partial charge in [0.15, 0.2) is 5.82 Å². The number of benzene rings is 3. The minimum atomic E-state index is -2.54. The number of aromatic nitrogens is 4. The Balaban J connectivity index is 1.22. The van der Waals surface area contributed by atoms with E-state index in [-0.39, 0.29) is 11.5 Å². The molecule has 4 N–H and O–H groups in total. The van der Waals surface area contributed by atoms with E-state index in [1.54, 1.807) is 18.2 Å². The van der Waals surface area contributed by atoms with Crippen LogP contribution in [-0.2, 0) is 4.57 Å². The first-order chi connectivity index (χ1) is 22.3. The molecule has 1 aliphatic rings. The first-order valence-corrected chi connectivity index (χ1v) is 18.3. The summed E-state index contributed by atoms with van der Waals surface area (Å²) in [4.78, 5) is 24.7. The van der Waals surface area contributed by atoms with Crippen molar-refractivity contribution in [2.24, 2.45) is 5.41 Å². The van der Waals surface area contributed by atoms with Crippen LogP contribution in [0.25, 0.3) is 22.2 Å². The molecule has 6 rings (SSSR count). The minimum Gasteiger partial charge on any atom is -0.465 e. The van der Waals surface area contributed by atoms with E-state index in [4.69, 9.17) is 11.6 Å². The molecule has 5 aromatic rings. The number of carboxylic acid groups (broad SMARTS) is 1. The number of rotatable bonds is 7. The number of para-hydroxylation sites is 1. The van der Waals surface area contributed by atoms with Crippen molar-refractivity contribution in [2.75, 3.05) is 48.5 Å². The summed E-state index contributed by atoms with van der Waals surface area (Å²) in [5, 5.41) is 26.0. The molecule has 1 unspecified atom stereocenters. The van der Waals surface area contributed by atoms with E-state index in [9.17, 15) is 14.5 Å². The smallest absolute Gasteiger partial charge is 0.407 e. The van der Waals surface area contributed by atoms with E-state index < -0.39 is 13.2 Å². The van der Waals surface area contributed by atoms with Gasteiger partial charge in [-0.1, -0.05) is 56.6 Å². The van der Waals surface area contributed by atoms with Gasteiger partial charge in [0.05, 0.1) is 29.1 Å². The number of piperazine rings is 1. The molecule has 3 heterocycles. The Morgan fingerprint density at radius 2 is 1.79 bits per heavy atom. The molecular weight excluding hydrogens is 635 g/mol. The lowest BCUT2D eigenvalue weighted by Crippen LogP contribution is -2.59. The Labute approximate surface area is 278 Å². The summed E-state index contributed by atoms with van der Waals surface area (Å²) in [7, 11) is -2.54. The maximum absolute atomic E-state index is 12.9. The summed E-state index contributed by atoms with van der Waals surface area (Å²) in [6, 6.07) is 21.4. The zero-order valence-corrected chi connectivity index (χ0v) is 28.6. The van der Waals surface area contributed by atoms with Gasteiger partial charge in [0, 0.05) is 47.3 Å². The summed E-state index contributed by atoms with van der Waals surface area (Å²) < 4.78 is 12.9. The number of amides is 1. The monoisotopic (exact) mass is 672 g/mol. The van der Waals surface area contributed by atoms with Crippen LogP contribution in [0.1, 0.15) is 20.8 Å². The van der Waals surface area contributed by atoms with Gasteiger partial charge >= 0.3 is 6.09 Å². The van der Waals surface area contributed by atoms with Crippen molar-refractivity contribution in [1.29, 1.82) is 0 Å². The second kappa shape index (κ2) is 12.5. The fourth-order valence-electron chi connectivity index (χ4n) is 5.95. The lowest BCUT2D eigenvalue weighted by molar-refractivity contribution is 0.0748. The van der Waals surface area contributed by atoms with Crippen molar-refractivity contribution in [3.05, 3.63) is 77.9 Å². The number of fused-ring (bicyclic) bond motifs is 1. The Morgan fingerprint density at radius 3 is 2.49 bits per heavy atom. The van der Waals surface area contributed by atoms with Crippen LogP contribution in [0.5, 0.6) is 0 Å². The molecule has 1 atom stereocenters. The third kappa shape index (κ3) is 6.92. The highest BCUT2D eigenvalue weighted by atomic mass is 35.5. The zero-order valence-electron chi connectivity index (χ0n) is 27.0. The fraction of sp³-hybridized carbons (Fsp3) is 0.294. The number of hydrogen-bond acceptors (Lipinski definition) is 8. The predicted molar refractivity (Wildman–Crippen MR) is 191 cm³/mol. The van der Waals surface area contributed by atoms with Crippen molar-refractivity contribution in [2.45, 2.75) is 26.8 Å². The summed E-state index contributed by atoms with van der Waals surface area (Å²) in [6.45, 7) is 11.4. The first-order valence-electron chi connectivity index (χ1n) is 15.3. The average molecular weight is 673 g/mol. The maximum Gasteiger partial charge on any atom is 0.407 e. The van der Waals surface area contributed by atoms with E-state index >= 15 is 0 Å². The molecular formula is C34H38ClN8O3P. The minimum absolute atomic E-state index is 0.117. The highest BCUT2D eigenvalue weighted by Crippen LogP contribution is 2.39. The number of carbonyl (C=O) groups is 1. The third-order valence-electron chi connectivity index (χ3n) is 8.43. The van der Waals surface area contributed by atoms with Gasteiger partial charge in [-0.15, -0.1) is 0 Å². The highest BCUT2D eigenvalue weighted by Gasteiger charge is 2.38. The molecule has 0 aliphatic carbocycles. The molecule has 0 bridgehead atoms. The van der Waals surface area contributed by atoms with Crippen molar-refractivity contribution in [3.63, 3.8) is 0 Å².